The number of ether oxygens (including phenoxy) is 1. The van der Waals surface area contributed by atoms with Crippen molar-refractivity contribution in [3.8, 4) is 5.75 Å². The Bertz CT molecular complexity index is 820. The Hall–Kier alpha value is -2.53. The molecular weight excluding hydrogens is 340 g/mol. The zero-order chi connectivity index (χ0) is 19.0. The smallest absolute Gasteiger partial charge is 0.321 e. The van der Waals surface area contributed by atoms with Gasteiger partial charge in [-0.15, -0.1) is 0 Å². The van der Waals surface area contributed by atoms with E-state index in [9.17, 15) is 9.90 Å². The van der Waals surface area contributed by atoms with E-state index in [4.69, 9.17) is 4.74 Å². The maximum absolute atomic E-state index is 12.6. The first kappa shape index (κ1) is 17.9. The van der Waals surface area contributed by atoms with Crippen LogP contribution in [0.15, 0.2) is 48.5 Å². The number of hydrogen-bond donors (Lipinski definition) is 2. The Labute approximate surface area is 160 Å². The second-order valence-electron chi connectivity index (χ2n) is 7.89. The summed E-state index contributed by atoms with van der Waals surface area (Å²) in [6.07, 6.45) is 1.36. The van der Waals surface area contributed by atoms with Gasteiger partial charge in [-0.25, -0.2) is 4.79 Å². The van der Waals surface area contributed by atoms with E-state index in [0.29, 0.717) is 37.8 Å². The third kappa shape index (κ3) is 3.52. The molecule has 0 radical (unpaired) electrons. The molecular formula is C22H26N2O3. The van der Waals surface area contributed by atoms with Crippen molar-refractivity contribution in [1.82, 2.24) is 4.90 Å². The van der Waals surface area contributed by atoms with Crippen molar-refractivity contribution in [2.75, 3.05) is 25.5 Å². The Kier molecular flexibility index (Phi) is 4.56. The van der Waals surface area contributed by atoms with Gasteiger partial charge in [-0.1, -0.05) is 29.8 Å². The van der Waals surface area contributed by atoms with Gasteiger partial charge in [0, 0.05) is 18.8 Å². The molecule has 5 nitrogen and oxygen atoms in total. The minimum atomic E-state index is -0.830. The predicted molar refractivity (Wildman–Crippen MR) is 105 cm³/mol. The summed E-state index contributed by atoms with van der Waals surface area (Å²) in [6, 6.07) is 15.5. The fraction of sp³-hybridized carbons (Fsp3) is 0.409. The second kappa shape index (κ2) is 6.89. The van der Waals surface area contributed by atoms with Gasteiger partial charge in [0.1, 0.15) is 5.75 Å². The topological polar surface area (TPSA) is 61.8 Å². The van der Waals surface area contributed by atoms with Crippen molar-refractivity contribution in [3.63, 3.8) is 0 Å². The molecule has 2 aromatic rings. The monoisotopic (exact) mass is 366 g/mol. The number of carbonyl (C=O) groups is 1. The predicted octanol–water partition coefficient (Wildman–Crippen LogP) is 3.77. The largest absolute Gasteiger partial charge is 0.497 e. The zero-order valence-electron chi connectivity index (χ0n) is 15.8. The number of hydrogen-bond acceptors (Lipinski definition) is 3. The minimum Gasteiger partial charge on any atom is -0.497 e. The summed E-state index contributed by atoms with van der Waals surface area (Å²) in [4.78, 5) is 14.5. The highest BCUT2D eigenvalue weighted by molar-refractivity contribution is 5.89. The maximum Gasteiger partial charge on any atom is 0.321 e. The average molecular weight is 366 g/mol. The molecule has 0 bridgehead atoms. The summed E-state index contributed by atoms with van der Waals surface area (Å²) in [7, 11) is 1.64. The minimum absolute atomic E-state index is 0.0572. The van der Waals surface area contributed by atoms with Crippen LogP contribution in [0.1, 0.15) is 24.0 Å². The molecule has 5 heteroatoms. The molecule has 1 heterocycles. The van der Waals surface area contributed by atoms with Gasteiger partial charge >= 0.3 is 6.03 Å². The highest BCUT2D eigenvalue weighted by atomic mass is 16.5. The standard InChI is InChI=1S/C22H26N2O3/c1-15-6-8-19(9-7-15)23-21(25)24-13-16-11-22(26,12-17(16)14-24)18-4-3-5-20(10-18)27-2/h3-10,16-17,26H,11-14H2,1-2H3,(H,23,25)/t16-,17+,22-. The van der Waals surface area contributed by atoms with E-state index in [1.54, 1.807) is 7.11 Å². The molecule has 1 aliphatic carbocycles. The molecule has 2 aliphatic rings. The first-order valence-corrected chi connectivity index (χ1v) is 9.46. The van der Waals surface area contributed by atoms with Crippen molar-refractivity contribution in [2.45, 2.75) is 25.4 Å². The Morgan fingerprint density at radius 3 is 2.44 bits per heavy atom. The lowest BCUT2D eigenvalue weighted by Crippen LogP contribution is -2.35. The molecule has 2 fully saturated rings. The number of nitrogens with zero attached hydrogens (tertiary/aromatic N) is 1. The van der Waals surface area contributed by atoms with Crippen LogP contribution in [0, 0.1) is 18.8 Å². The van der Waals surface area contributed by atoms with Gasteiger partial charge in [-0.2, -0.15) is 0 Å². The number of urea groups is 1. The van der Waals surface area contributed by atoms with E-state index in [1.807, 2.05) is 60.4 Å². The summed E-state index contributed by atoms with van der Waals surface area (Å²) < 4.78 is 5.29. The molecule has 2 N–H and O–H groups in total. The van der Waals surface area contributed by atoms with Crippen LogP contribution in [0.3, 0.4) is 0 Å². The number of aryl methyl sites for hydroxylation is 1. The Morgan fingerprint density at radius 1 is 1.15 bits per heavy atom. The highest BCUT2D eigenvalue weighted by Gasteiger charge is 2.50. The van der Waals surface area contributed by atoms with Crippen LogP contribution in [0.5, 0.6) is 5.75 Å². The van der Waals surface area contributed by atoms with Crippen molar-refractivity contribution in [3.05, 3.63) is 59.7 Å². The van der Waals surface area contributed by atoms with Crippen LogP contribution in [-0.2, 0) is 5.60 Å². The molecule has 0 aromatic heterocycles. The number of rotatable bonds is 3. The van der Waals surface area contributed by atoms with E-state index in [2.05, 4.69) is 5.32 Å². The molecule has 27 heavy (non-hydrogen) atoms. The van der Waals surface area contributed by atoms with E-state index in [-0.39, 0.29) is 6.03 Å². The van der Waals surface area contributed by atoms with Crippen molar-refractivity contribution >= 4 is 11.7 Å². The van der Waals surface area contributed by atoms with Gasteiger partial charge < -0.3 is 20.1 Å². The average Bonchev–Trinajstić information content (AvgIpc) is 3.19. The van der Waals surface area contributed by atoms with E-state index < -0.39 is 5.60 Å². The van der Waals surface area contributed by atoms with Crippen LogP contribution in [0.25, 0.3) is 0 Å². The van der Waals surface area contributed by atoms with Crippen LogP contribution < -0.4 is 10.1 Å². The van der Waals surface area contributed by atoms with E-state index in [1.165, 1.54) is 5.56 Å². The summed E-state index contributed by atoms with van der Waals surface area (Å²) in [5.41, 5.74) is 2.06. The molecule has 3 atom stereocenters. The van der Waals surface area contributed by atoms with Crippen LogP contribution >= 0.6 is 0 Å². The lowest BCUT2D eigenvalue weighted by Gasteiger charge is -2.27. The van der Waals surface area contributed by atoms with E-state index in [0.717, 1.165) is 17.0 Å². The fourth-order valence-electron chi connectivity index (χ4n) is 4.51. The molecule has 1 aliphatic heterocycles. The maximum atomic E-state index is 12.6. The number of methoxy groups -OCH3 is 1. The summed E-state index contributed by atoms with van der Waals surface area (Å²) in [5.74, 6) is 1.41. The molecule has 2 amide bonds. The molecule has 0 spiro atoms. The zero-order valence-corrected chi connectivity index (χ0v) is 15.8. The van der Waals surface area contributed by atoms with Crippen LogP contribution in [0.4, 0.5) is 10.5 Å². The molecule has 1 saturated carbocycles. The number of carbonyl (C=O) groups excluding carboxylic acids is 1. The second-order valence-corrected chi connectivity index (χ2v) is 7.89. The number of amides is 2. The van der Waals surface area contributed by atoms with E-state index >= 15 is 0 Å². The number of nitrogens with one attached hydrogen (secondary N) is 1. The Balaban J connectivity index is 1.40. The normalized spacial score (nSPS) is 26.7. The number of fused-ring (bicyclic) bond motifs is 1. The summed E-state index contributed by atoms with van der Waals surface area (Å²) >= 11 is 0. The lowest BCUT2D eigenvalue weighted by atomic mass is 9.90. The molecule has 2 aromatic carbocycles. The van der Waals surface area contributed by atoms with Crippen LogP contribution in [0.2, 0.25) is 0 Å². The lowest BCUT2D eigenvalue weighted by molar-refractivity contribution is 0.0326. The molecule has 0 unspecified atom stereocenters. The fourth-order valence-corrected chi connectivity index (χ4v) is 4.51. The molecule has 4 rings (SSSR count). The number of likely N-dealkylation sites (tertiary alicyclic amines) is 1. The van der Waals surface area contributed by atoms with Gasteiger partial charge in [0.15, 0.2) is 0 Å². The highest BCUT2D eigenvalue weighted by Crippen LogP contribution is 2.49. The van der Waals surface area contributed by atoms with Gasteiger partial charge in [0.2, 0.25) is 0 Å². The Morgan fingerprint density at radius 2 is 1.81 bits per heavy atom. The first-order valence-electron chi connectivity index (χ1n) is 9.46. The van der Waals surface area contributed by atoms with Crippen molar-refractivity contribution in [1.29, 1.82) is 0 Å². The van der Waals surface area contributed by atoms with Crippen LogP contribution in [-0.4, -0.2) is 36.2 Å². The quantitative estimate of drug-likeness (QED) is 0.869. The van der Waals surface area contributed by atoms with Gasteiger partial charge in [-0.05, 0) is 61.4 Å². The van der Waals surface area contributed by atoms with Gasteiger partial charge in [-0.3, -0.25) is 0 Å². The molecule has 1 saturated heterocycles. The van der Waals surface area contributed by atoms with Crippen molar-refractivity contribution < 1.29 is 14.6 Å². The van der Waals surface area contributed by atoms with Gasteiger partial charge in [0.25, 0.3) is 0 Å². The van der Waals surface area contributed by atoms with Gasteiger partial charge in [0.05, 0.1) is 12.7 Å². The third-order valence-electron chi connectivity index (χ3n) is 5.97. The SMILES string of the molecule is COc1cccc([C@]2(O)C[C@H]3CN(C(=O)Nc4ccc(C)cc4)C[C@H]3C2)c1. The van der Waals surface area contributed by atoms with Crippen molar-refractivity contribution in [2.24, 2.45) is 11.8 Å². The number of aliphatic hydroxyl groups is 1. The summed E-state index contributed by atoms with van der Waals surface area (Å²) in [6.45, 7) is 3.40. The number of anilines is 1. The third-order valence-corrected chi connectivity index (χ3v) is 5.97. The first-order chi connectivity index (χ1) is 13.0. The summed E-state index contributed by atoms with van der Waals surface area (Å²) in [5, 5.41) is 14.2. The molecule has 142 valence electrons. The number of benzene rings is 2.